The third kappa shape index (κ3) is 4.50. The van der Waals surface area contributed by atoms with E-state index < -0.39 is 0 Å². The van der Waals surface area contributed by atoms with Crippen molar-refractivity contribution in [3.05, 3.63) is 64.2 Å². The van der Waals surface area contributed by atoms with E-state index in [1.165, 1.54) is 30.4 Å². The summed E-state index contributed by atoms with van der Waals surface area (Å²) in [4.78, 5) is 0. The molecule has 0 heterocycles. The van der Waals surface area contributed by atoms with Crippen LogP contribution in [-0.4, -0.2) is 0 Å². The molecule has 1 atom stereocenters. The lowest BCUT2D eigenvalue weighted by molar-refractivity contribution is 0.793. The summed E-state index contributed by atoms with van der Waals surface area (Å²) in [5, 5.41) is 4.31. The fourth-order valence-electron chi connectivity index (χ4n) is 2.37. The summed E-state index contributed by atoms with van der Waals surface area (Å²) in [6.07, 6.45) is 3.68. The number of hydrogen-bond acceptors (Lipinski definition) is 1. The number of unbranched alkanes of at least 4 members (excludes halogenated alkanes) is 1. The molecule has 2 aromatic rings. The highest BCUT2D eigenvalue weighted by atomic mass is 35.5. The lowest BCUT2D eigenvalue weighted by Crippen LogP contribution is -2.06. The molecule has 0 radical (unpaired) electrons. The standard InChI is InChI=1S/C19H24ClN/c1-4-5-6-16-8-10-17(11-9-16)15(3)21-18-12-7-14(2)19(20)13-18/h7-13,15,21H,4-6H2,1-3H3. The minimum atomic E-state index is 0.268. The molecule has 0 bridgehead atoms. The Labute approximate surface area is 133 Å². The molecule has 0 amide bonds. The summed E-state index contributed by atoms with van der Waals surface area (Å²) in [5.41, 5.74) is 4.89. The fourth-order valence-corrected chi connectivity index (χ4v) is 2.55. The maximum Gasteiger partial charge on any atom is 0.0485 e. The van der Waals surface area contributed by atoms with Crippen LogP contribution >= 0.6 is 11.6 Å². The zero-order valence-electron chi connectivity index (χ0n) is 13.1. The van der Waals surface area contributed by atoms with Crippen molar-refractivity contribution >= 4 is 17.3 Å². The number of anilines is 1. The van der Waals surface area contributed by atoms with Crippen molar-refractivity contribution in [2.75, 3.05) is 5.32 Å². The summed E-state index contributed by atoms with van der Waals surface area (Å²) in [6, 6.07) is 15.3. The summed E-state index contributed by atoms with van der Waals surface area (Å²) in [5.74, 6) is 0. The van der Waals surface area contributed by atoms with E-state index in [4.69, 9.17) is 11.6 Å². The van der Waals surface area contributed by atoms with E-state index in [0.717, 1.165) is 16.3 Å². The normalized spacial score (nSPS) is 12.2. The lowest BCUT2D eigenvalue weighted by Gasteiger charge is -2.17. The van der Waals surface area contributed by atoms with Crippen molar-refractivity contribution in [1.29, 1.82) is 0 Å². The van der Waals surface area contributed by atoms with Crippen molar-refractivity contribution in [3.63, 3.8) is 0 Å². The van der Waals surface area contributed by atoms with Gasteiger partial charge in [-0.25, -0.2) is 0 Å². The van der Waals surface area contributed by atoms with Gasteiger partial charge in [0.15, 0.2) is 0 Å². The Morgan fingerprint density at radius 2 is 1.81 bits per heavy atom. The average Bonchev–Trinajstić information content (AvgIpc) is 2.49. The number of aryl methyl sites for hydroxylation is 2. The molecule has 0 saturated carbocycles. The number of rotatable bonds is 6. The van der Waals surface area contributed by atoms with Gasteiger partial charge in [-0.2, -0.15) is 0 Å². The van der Waals surface area contributed by atoms with Crippen LogP contribution in [0.25, 0.3) is 0 Å². The van der Waals surface area contributed by atoms with Gasteiger partial charge in [0.25, 0.3) is 0 Å². The van der Waals surface area contributed by atoms with E-state index in [2.05, 4.69) is 49.5 Å². The van der Waals surface area contributed by atoms with E-state index in [1.807, 2.05) is 19.1 Å². The first kappa shape index (κ1) is 15.9. The van der Waals surface area contributed by atoms with E-state index in [-0.39, 0.29) is 6.04 Å². The van der Waals surface area contributed by atoms with Gasteiger partial charge in [-0.15, -0.1) is 0 Å². The maximum atomic E-state index is 6.17. The molecule has 0 aromatic heterocycles. The molecule has 2 rings (SSSR count). The highest BCUT2D eigenvalue weighted by molar-refractivity contribution is 6.31. The quantitative estimate of drug-likeness (QED) is 0.673. The van der Waals surface area contributed by atoms with Crippen LogP contribution in [0.1, 0.15) is 49.4 Å². The summed E-state index contributed by atoms with van der Waals surface area (Å²) in [6.45, 7) is 6.42. The van der Waals surface area contributed by atoms with Gasteiger partial charge < -0.3 is 5.32 Å². The van der Waals surface area contributed by atoms with Crippen molar-refractivity contribution < 1.29 is 0 Å². The summed E-state index contributed by atoms with van der Waals surface area (Å²) < 4.78 is 0. The molecule has 112 valence electrons. The molecule has 0 saturated heterocycles. The van der Waals surface area contributed by atoms with E-state index in [0.29, 0.717) is 0 Å². The molecule has 2 aromatic carbocycles. The molecule has 1 unspecified atom stereocenters. The highest BCUT2D eigenvalue weighted by Crippen LogP contribution is 2.24. The Bertz CT molecular complexity index is 575. The Morgan fingerprint density at radius 3 is 2.43 bits per heavy atom. The summed E-state index contributed by atoms with van der Waals surface area (Å²) >= 11 is 6.17. The van der Waals surface area contributed by atoms with Crippen molar-refractivity contribution in [2.24, 2.45) is 0 Å². The van der Waals surface area contributed by atoms with Gasteiger partial charge in [0.1, 0.15) is 0 Å². The third-order valence-corrected chi connectivity index (χ3v) is 4.26. The first-order valence-corrected chi connectivity index (χ1v) is 8.09. The molecule has 1 nitrogen and oxygen atoms in total. The van der Waals surface area contributed by atoms with Gasteiger partial charge in [-0.3, -0.25) is 0 Å². The second-order valence-electron chi connectivity index (χ2n) is 5.68. The van der Waals surface area contributed by atoms with Gasteiger partial charge in [0.05, 0.1) is 0 Å². The first-order valence-electron chi connectivity index (χ1n) is 7.71. The van der Waals surface area contributed by atoms with Crippen molar-refractivity contribution in [3.8, 4) is 0 Å². The lowest BCUT2D eigenvalue weighted by atomic mass is 10.0. The molecular weight excluding hydrogens is 278 g/mol. The van der Waals surface area contributed by atoms with Crippen molar-refractivity contribution in [2.45, 2.75) is 46.1 Å². The minimum absolute atomic E-state index is 0.268. The average molecular weight is 302 g/mol. The molecule has 0 aliphatic rings. The van der Waals surface area contributed by atoms with Crippen LogP contribution in [-0.2, 0) is 6.42 Å². The van der Waals surface area contributed by atoms with Crippen LogP contribution in [0, 0.1) is 6.92 Å². The van der Waals surface area contributed by atoms with Gasteiger partial charge >= 0.3 is 0 Å². The Hall–Kier alpha value is -1.47. The van der Waals surface area contributed by atoms with Crippen LogP contribution in [0.5, 0.6) is 0 Å². The van der Waals surface area contributed by atoms with Gasteiger partial charge in [0, 0.05) is 16.8 Å². The van der Waals surface area contributed by atoms with Crippen LogP contribution in [0.3, 0.4) is 0 Å². The zero-order valence-corrected chi connectivity index (χ0v) is 13.9. The Kier molecular flexibility index (Phi) is 5.69. The number of halogens is 1. The zero-order chi connectivity index (χ0) is 15.2. The predicted octanol–water partition coefficient (Wildman–Crippen LogP) is 6.16. The van der Waals surface area contributed by atoms with Crippen molar-refractivity contribution in [1.82, 2.24) is 0 Å². The van der Waals surface area contributed by atoms with Crippen LogP contribution in [0.15, 0.2) is 42.5 Å². The second-order valence-corrected chi connectivity index (χ2v) is 6.08. The molecule has 0 spiro atoms. The molecule has 0 aliphatic heterocycles. The first-order chi connectivity index (χ1) is 10.1. The molecule has 0 aliphatic carbocycles. The third-order valence-electron chi connectivity index (χ3n) is 3.85. The fraction of sp³-hybridized carbons (Fsp3) is 0.368. The Balaban J connectivity index is 2.02. The molecule has 2 heteroatoms. The van der Waals surface area contributed by atoms with E-state index in [9.17, 15) is 0 Å². The monoisotopic (exact) mass is 301 g/mol. The SMILES string of the molecule is CCCCc1ccc(C(C)Nc2ccc(C)c(Cl)c2)cc1. The topological polar surface area (TPSA) is 12.0 Å². The summed E-state index contributed by atoms with van der Waals surface area (Å²) in [7, 11) is 0. The van der Waals surface area contributed by atoms with Gasteiger partial charge in [-0.05, 0) is 55.5 Å². The highest BCUT2D eigenvalue weighted by Gasteiger charge is 2.06. The van der Waals surface area contributed by atoms with Gasteiger partial charge in [-0.1, -0.05) is 55.3 Å². The molecule has 1 N–H and O–H groups in total. The molecule has 21 heavy (non-hydrogen) atoms. The second kappa shape index (κ2) is 7.51. The van der Waals surface area contributed by atoms with E-state index >= 15 is 0 Å². The largest absolute Gasteiger partial charge is 0.378 e. The predicted molar refractivity (Wildman–Crippen MR) is 93.3 cm³/mol. The number of benzene rings is 2. The smallest absolute Gasteiger partial charge is 0.0485 e. The Morgan fingerprint density at radius 1 is 1.10 bits per heavy atom. The van der Waals surface area contributed by atoms with Crippen LogP contribution < -0.4 is 5.32 Å². The van der Waals surface area contributed by atoms with E-state index in [1.54, 1.807) is 0 Å². The minimum Gasteiger partial charge on any atom is -0.378 e. The number of nitrogens with one attached hydrogen (secondary N) is 1. The maximum absolute atomic E-state index is 6.17. The van der Waals surface area contributed by atoms with Gasteiger partial charge in [0.2, 0.25) is 0 Å². The van der Waals surface area contributed by atoms with Crippen LogP contribution in [0.4, 0.5) is 5.69 Å². The van der Waals surface area contributed by atoms with Crippen LogP contribution in [0.2, 0.25) is 5.02 Å². The molecular formula is C19H24ClN. The molecule has 0 fully saturated rings. The number of hydrogen-bond donors (Lipinski definition) is 1.